The Bertz CT molecular complexity index is 1090. The van der Waals surface area contributed by atoms with Crippen molar-refractivity contribution >= 4 is 23.2 Å². The summed E-state index contributed by atoms with van der Waals surface area (Å²) in [5.74, 6) is -1.80. The summed E-state index contributed by atoms with van der Waals surface area (Å²) in [5.41, 5.74) is 7.18. The normalized spacial score (nSPS) is 15.0. The molecule has 1 saturated heterocycles. The number of halogens is 6. The number of amides is 2. The van der Waals surface area contributed by atoms with E-state index < -0.39 is 46.4 Å². The van der Waals surface area contributed by atoms with Crippen LogP contribution in [0.5, 0.6) is 0 Å². The van der Waals surface area contributed by atoms with Crippen molar-refractivity contribution < 1.29 is 35.9 Å². The number of benzene rings is 2. The van der Waals surface area contributed by atoms with Crippen LogP contribution in [0, 0.1) is 6.92 Å². The Morgan fingerprint density at radius 2 is 1.24 bits per heavy atom. The lowest BCUT2D eigenvalue weighted by atomic mass is 9.98. The maximum absolute atomic E-state index is 13.5. The highest BCUT2D eigenvalue weighted by molar-refractivity contribution is 5.99. The number of nitrogens with zero attached hydrogens (tertiary/aromatic N) is 2. The van der Waals surface area contributed by atoms with Crippen LogP contribution in [0.4, 0.5) is 37.7 Å². The van der Waals surface area contributed by atoms with E-state index in [1.807, 2.05) is 0 Å². The molecule has 33 heavy (non-hydrogen) atoms. The third kappa shape index (κ3) is 4.99. The first-order valence-corrected chi connectivity index (χ1v) is 9.72. The van der Waals surface area contributed by atoms with Crippen LogP contribution >= 0.6 is 0 Å². The first-order valence-electron chi connectivity index (χ1n) is 9.72. The van der Waals surface area contributed by atoms with E-state index in [9.17, 15) is 35.9 Å². The van der Waals surface area contributed by atoms with E-state index in [0.29, 0.717) is 12.1 Å². The number of nitrogens with two attached hydrogens (primary N) is 2. The number of hydrogen-bond acceptors (Lipinski definition) is 4. The number of piperazine rings is 1. The highest BCUT2D eigenvalue weighted by Crippen LogP contribution is 2.36. The second-order valence-electron chi connectivity index (χ2n) is 7.65. The number of hydrogen-bond donors (Lipinski definition) is 2. The van der Waals surface area contributed by atoms with Crippen LogP contribution in [0.3, 0.4) is 0 Å². The van der Waals surface area contributed by atoms with Gasteiger partial charge in [0.1, 0.15) is 0 Å². The Morgan fingerprint density at radius 1 is 0.758 bits per heavy atom. The predicted molar refractivity (Wildman–Crippen MR) is 108 cm³/mol. The maximum atomic E-state index is 13.5. The highest BCUT2D eigenvalue weighted by Gasteiger charge is 2.39. The average molecular weight is 474 g/mol. The topological polar surface area (TPSA) is 92.7 Å². The minimum absolute atomic E-state index is 0.0440. The van der Waals surface area contributed by atoms with Crippen LogP contribution in [-0.4, -0.2) is 47.8 Å². The van der Waals surface area contributed by atoms with E-state index in [1.54, 1.807) is 0 Å². The van der Waals surface area contributed by atoms with Crippen LogP contribution in [0.25, 0.3) is 0 Å². The molecule has 178 valence electrons. The standard InChI is InChI=1S/C21H20F6N4O2/c1-11-8-13(29)10-16(21(25,26)27)17(11)19(33)31-6-4-30(5-7-31)18(32)14-3-2-12(28)9-15(14)20(22,23)24/h2-3,8-10H,4-7,28-29H2,1H3. The van der Waals surface area contributed by atoms with Gasteiger partial charge in [0.25, 0.3) is 11.8 Å². The van der Waals surface area contributed by atoms with Crippen molar-refractivity contribution in [3.8, 4) is 0 Å². The Morgan fingerprint density at radius 3 is 1.76 bits per heavy atom. The Kier molecular flexibility index (Phi) is 6.22. The minimum Gasteiger partial charge on any atom is -0.399 e. The fourth-order valence-electron chi connectivity index (χ4n) is 3.75. The molecule has 1 aliphatic rings. The average Bonchev–Trinajstić information content (AvgIpc) is 2.71. The molecule has 0 bridgehead atoms. The molecule has 4 N–H and O–H groups in total. The molecule has 0 radical (unpaired) electrons. The summed E-state index contributed by atoms with van der Waals surface area (Å²) in [6.45, 7) is 0.728. The van der Waals surface area contributed by atoms with Gasteiger partial charge in [-0.25, -0.2) is 0 Å². The molecule has 1 aliphatic heterocycles. The third-order valence-electron chi connectivity index (χ3n) is 5.31. The zero-order chi connectivity index (χ0) is 24.7. The molecule has 0 spiro atoms. The second-order valence-corrected chi connectivity index (χ2v) is 7.65. The van der Waals surface area contributed by atoms with Crippen LogP contribution in [0.2, 0.25) is 0 Å². The minimum atomic E-state index is -4.81. The van der Waals surface area contributed by atoms with E-state index in [1.165, 1.54) is 19.1 Å². The Balaban J connectivity index is 1.81. The molecule has 0 saturated carbocycles. The number of alkyl halides is 6. The van der Waals surface area contributed by atoms with Crippen molar-refractivity contribution in [1.29, 1.82) is 0 Å². The monoisotopic (exact) mass is 474 g/mol. The second kappa shape index (κ2) is 8.49. The summed E-state index contributed by atoms with van der Waals surface area (Å²) >= 11 is 0. The molecule has 2 aromatic carbocycles. The van der Waals surface area contributed by atoms with E-state index in [4.69, 9.17) is 11.5 Å². The summed E-state index contributed by atoms with van der Waals surface area (Å²) in [5, 5.41) is 0. The molecule has 6 nitrogen and oxygen atoms in total. The molecule has 0 unspecified atom stereocenters. The molecule has 0 aliphatic carbocycles. The van der Waals surface area contributed by atoms with Gasteiger partial charge in [0, 0.05) is 37.6 Å². The predicted octanol–water partition coefficient (Wildman–Crippen LogP) is 3.80. The Labute approximate surface area is 184 Å². The first-order chi connectivity index (χ1) is 15.2. The fraction of sp³-hybridized carbons (Fsp3) is 0.333. The highest BCUT2D eigenvalue weighted by atomic mass is 19.4. The van der Waals surface area contributed by atoms with Gasteiger partial charge in [-0.2, -0.15) is 26.3 Å². The number of rotatable bonds is 2. The molecule has 2 aromatic rings. The molecule has 1 fully saturated rings. The van der Waals surface area contributed by atoms with Gasteiger partial charge < -0.3 is 21.3 Å². The molecular weight excluding hydrogens is 454 g/mol. The molecule has 1 heterocycles. The van der Waals surface area contributed by atoms with Crippen LogP contribution < -0.4 is 11.5 Å². The largest absolute Gasteiger partial charge is 0.417 e. The van der Waals surface area contributed by atoms with Gasteiger partial charge in [-0.15, -0.1) is 0 Å². The van der Waals surface area contributed by atoms with Gasteiger partial charge in [0.05, 0.1) is 22.3 Å². The van der Waals surface area contributed by atoms with E-state index in [0.717, 1.165) is 15.9 Å². The number of anilines is 2. The summed E-state index contributed by atoms with van der Waals surface area (Å²) in [4.78, 5) is 27.9. The summed E-state index contributed by atoms with van der Waals surface area (Å²) in [6.07, 6.45) is -9.62. The van der Waals surface area contributed by atoms with Crippen molar-refractivity contribution in [2.24, 2.45) is 0 Å². The summed E-state index contributed by atoms with van der Waals surface area (Å²) in [6, 6.07) is 4.74. The lowest BCUT2D eigenvalue weighted by Gasteiger charge is -2.36. The van der Waals surface area contributed by atoms with Gasteiger partial charge in [-0.3, -0.25) is 9.59 Å². The fourth-order valence-corrected chi connectivity index (χ4v) is 3.75. The molecule has 12 heteroatoms. The maximum Gasteiger partial charge on any atom is 0.417 e. The van der Waals surface area contributed by atoms with Crippen LogP contribution in [-0.2, 0) is 12.4 Å². The van der Waals surface area contributed by atoms with E-state index in [2.05, 4.69) is 0 Å². The smallest absolute Gasteiger partial charge is 0.399 e. The van der Waals surface area contributed by atoms with Crippen LogP contribution in [0.1, 0.15) is 37.4 Å². The van der Waals surface area contributed by atoms with Crippen molar-refractivity contribution in [1.82, 2.24) is 9.80 Å². The quantitative estimate of drug-likeness (QED) is 0.512. The number of carbonyl (C=O) groups excluding carboxylic acids is 2. The molecular formula is C21H20F6N4O2. The van der Waals surface area contributed by atoms with E-state index in [-0.39, 0.29) is 43.1 Å². The molecule has 0 aromatic heterocycles. The first kappa shape index (κ1) is 24.2. The SMILES string of the molecule is Cc1cc(N)cc(C(F)(F)F)c1C(=O)N1CCN(C(=O)c2ccc(N)cc2C(F)(F)F)CC1. The van der Waals surface area contributed by atoms with Gasteiger partial charge in [0.15, 0.2) is 0 Å². The van der Waals surface area contributed by atoms with Gasteiger partial charge in [0.2, 0.25) is 0 Å². The number of aryl methyl sites for hydroxylation is 1. The van der Waals surface area contributed by atoms with Gasteiger partial charge in [-0.05, 0) is 42.8 Å². The lowest BCUT2D eigenvalue weighted by molar-refractivity contribution is -0.138. The zero-order valence-electron chi connectivity index (χ0n) is 17.3. The van der Waals surface area contributed by atoms with Crippen molar-refractivity contribution in [2.75, 3.05) is 37.6 Å². The van der Waals surface area contributed by atoms with Gasteiger partial charge in [-0.1, -0.05) is 0 Å². The van der Waals surface area contributed by atoms with Crippen molar-refractivity contribution in [3.05, 3.63) is 58.1 Å². The Hall–Kier alpha value is -3.44. The molecule has 0 atom stereocenters. The summed E-state index contributed by atoms with van der Waals surface area (Å²) in [7, 11) is 0. The number of nitrogen functional groups attached to an aromatic ring is 2. The zero-order valence-corrected chi connectivity index (χ0v) is 17.3. The third-order valence-corrected chi connectivity index (χ3v) is 5.31. The van der Waals surface area contributed by atoms with Crippen molar-refractivity contribution in [2.45, 2.75) is 19.3 Å². The molecule has 3 rings (SSSR count). The van der Waals surface area contributed by atoms with Crippen LogP contribution in [0.15, 0.2) is 30.3 Å². The van der Waals surface area contributed by atoms with Gasteiger partial charge >= 0.3 is 12.4 Å². The van der Waals surface area contributed by atoms with Crippen molar-refractivity contribution in [3.63, 3.8) is 0 Å². The number of carbonyl (C=O) groups is 2. The lowest BCUT2D eigenvalue weighted by Crippen LogP contribution is -2.51. The summed E-state index contributed by atoms with van der Waals surface area (Å²) < 4.78 is 80.4. The molecule has 2 amide bonds. The van der Waals surface area contributed by atoms with E-state index >= 15 is 0 Å².